The standard InChI is InChI=1S/C25H25N2O2S/c1-26(2)16-10-12-20-22(14-16)30-23-15-17(27(3)4)11-13-21(23)24(20)18-8-6-7-9-19(18)25(28)29-5/h6-12,14-15,24H,1-5H3/q+1. The summed E-state index contributed by atoms with van der Waals surface area (Å²) in [6.45, 7) is 0. The van der Waals surface area contributed by atoms with Crippen molar-refractivity contribution in [2.24, 2.45) is 0 Å². The van der Waals surface area contributed by atoms with Crippen molar-refractivity contribution >= 4 is 23.4 Å². The van der Waals surface area contributed by atoms with E-state index >= 15 is 0 Å². The molecule has 0 saturated carbocycles. The van der Waals surface area contributed by atoms with Crippen LogP contribution in [0.4, 0.5) is 5.69 Å². The molecule has 0 radical (unpaired) electrons. The number of carbonyl (C=O) groups is 1. The van der Waals surface area contributed by atoms with Gasteiger partial charge in [0.25, 0.3) is 0 Å². The van der Waals surface area contributed by atoms with E-state index in [-0.39, 0.29) is 11.9 Å². The van der Waals surface area contributed by atoms with Crippen molar-refractivity contribution in [3.63, 3.8) is 0 Å². The topological polar surface area (TPSA) is 32.8 Å². The van der Waals surface area contributed by atoms with Crippen LogP contribution < -0.4 is 4.90 Å². The van der Waals surface area contributed by atoms with Gasteiger partial charge in [-0.15, -0.1) is 0 Å². The van der Waals surface area contributed by atoms with E-state index in [0.29, 0.717) is 5.56 Å². The maximum Gasteiger partial charge on any atom is 0.338 e. The normalized spacial score (nSPS) is 16.8. The fourth-order valence-corrected chi connectivity index (χ4v) is 5.00. The quantitative estimate of drug-likeness (QED) is 0.525. The summed E-state index contributed by atoms with van der Waals surface area (Å²) in [7, 11) is 9.59. The summed E-state index contributed by atoms with van der Waals surface area (Å²) in [6, 6.07) is 14.2. The Morgan fingerprint density at radius 3 is 2.50 bits per heavy atom. The Hall–Kier alpha value is -3.01. The average Bonchev–Trinajstić information content (AvgIpc) is 2.76. The smallest absolute Gasteiger partial charge is 0.338 e. The maximum absolute atomic E-state index is 12.5. The summed E-state index contributed by atoms with van der Waals surface area (Å²) >= 11 is 1.76. The first-order valence-electron chi connectivity index (χ1n) is 9.80. The van der Waals surface area contributed by atoms with Gasteiger partial charge >= 0.3 is 5.97 Å². The zero-order valence-electron chi connectivity index (χ0n) is 17.9. The number of methoxy groups -OCH3 is 1. The first-order valence-corrected chi connectivity index (χ1v) is 10.6. The van der Waals surface area contributed by atoms with Crippen molar-refractivity contribution < 1.29 is 9.53 Å². The molecule has 0 aromatic heterocycles. The Labute approximate surface area is 182 Å². The summed E-state index contributed by atoms with van der Waals surface area (Å²) in [5, 5.41) is 0. The molecule has 1 aliphatic heterocycles. The summed E-state index contributed by atoms with van der Waals surface area (Å²) in [5.41, 5.74) is 6.07. The van der Waals surface area contributed by atoms with Crippen LogP contribution in [0.5, 0.6) is 0 Å². The van der Waals surface area contributed by atoms with Crippen LogP contribution in [0.25, 0.3) is 0 Å². The Morgan fingerprint density at radius 2 is 1.80 bits per heavy atom. The predicted molar refractivity (Wildman–Crippen MR) is 123 cm³/mol. The third kappa shape index (κ3) is 3.51. The molecule has 0 saturated heterocycles. The maximum atomic E-state index is 12.5. The molecule has 5 heteroatoms. The van der Waals surface area contributed by atoms with Crippen molar-refractivity contribution in [2.45, 2.75) is 10.8 Å². The van der Waals surface area contributed by atoms with Gasteiger partial charge in [-0.3, -0.25) is 0 Å². The molecule has 0 spiro atoms. The zero-order valence-corrected chi connectivity index (χ0v) is 18.7. The number of carbonyl (C=O) groups excluding carboxylic acids is 1. The molecule has 0 amide bonds. The van der Waals surface area contributed by atoms with Crippen LogP contribution in [0.15, 0.2) is 75.7 Å². The molecule has 0 N–H and O–H groups in total. The highest BCUT2D eigenvalue weighted by atomic mass is 32.2. The molecule has 2 aliphatic rings. The summed E-state index contributed by atoms with van der Waals surface area (Å²) in [6.07, 6.45) is 7.75. The first-order chi connectivity index (χ1) is 14.4. The second-order valence-corrected chi connectivity index (χ2v) is 8.84. The second-order valence-electron chi connectivity index (χ2n) is 7.76. The van der Waals surface area contributed by atoms with Gasteiger partial charge in [-0.2, -0.15) is 0 Å². The van der Waals surface area contributed by atoms with Crippen LogP contribution in [-0.2, 0) is 4.74 Å². The van der Waals surface area contributed by atoms with Crippen LogP contribution in [-0.4, -0.2) is 46.2 Å². The molecular formula is C25H25N2O2S+. The lowest BCUT2D eigenvalue weighted by Crippen LogP contribution is -2.18. The second kappa shape index (κ2) is 8.02. The van der Waals surface area contributed by atoms with Gasteiger partial charge in [0.2, 0.25) is 0 Å². The Kier molecular flexibility index (Phi) is 5.42. The molecular weight excluding hydrogens is 392 g/mol. The number of likely N-dealkylation sites (N-methyl/N-ethyl adjacent to an activating group) is 1. The number of esters is 1. The average molecular weight is 418 g/mol. The lowest BCUT2D eigenvalue weighted by Gasteiger charge is -2.27. The molecule has 1 unspecified atom stereocenters. The molecule has 30 heavy (non-hydrogen) atoms. The Balaban J connectivity index is 1.95. The largest absolute Gasteiger partial charge is 0.465 e. The van der Waals surface area contributed by atoms with E-state index in [4.69, 9.17) is 4.74 Å². The van der Waals surface area contributed by atoms with Gasteiger partial charge in [-0.05, 0) is 41.1 Å². The summed E-state index contributed by atoms with van der Waals surface area (Å²) < 4.78 is 5.08. The van der Waals surface area contributed by atoms with Crippen LogP contribution in [0.3, 0.4) is 0 Å². The minimum Gasteiger partial charge on any atom is -0.465 e. The fourth-order valence-electron chi connectivity index (χ4n) is 3.81. The predicted octanol–water partition coefficient (Wildman–Crippen LogP) is 4.85. The lowest BCUT2D eigenvalue weighted by atomic mass is 9.80. The highest BCUT2D eigenvalue weighted by molar-refractivity contribution is 8.03. The number of hydrogen-bond donors (Lipinski definition) is 0. The molecule has 4 rings (SSSR count). The highest BCUT2D eigenvalue weighted by Gasteiger charge is 2.38. The number of thioether (sulfide) groups is 1. The van der Waals surface area contributed by atoms with E-state index in [1.165, 1.54) is 17.6 Å². The Morgan fingerprint density at radius 1 is 1.03 bits per heavy atom. The number of benzene rings is 2. The molecule has 0 bridgehead atoms. The van der Waals surface area contributed by atoms with Crippen molar-refractivity contribution in [1.29, 1.82) is 0 Å². The van der Waals surface area contributed by atoms with Crippen LogP contribution >= 0.6 is 11.8 Å². The van der Waals surface area contributed by atoms with E-state index in [1.54, 1.807) is 11.8 Å². The van der Waals surface area contributed by atoms with Crippen molar-refractivity contribution in [2.75, 3.05) is 40.2 Å². The number of rotatable bonds is 4. The van der Waals surface area contributed by atoms with Gasteiger partial charge in [-0.1, -0.05) is 24.3 Å². The first kappa shape index (κ1) is 20.3. The van der Waals surface area contributed by atoms with Crippen LogP contribution in [0.2, 0.25) is 0 Å². The number of allylic oxidation sites excluding steroid dienone is 4. The molecule has 1 heterocycles. The number of hydrogen-bond acceptors (Lipinski definition) is 5. The van der Waals surface area contributed by atoms with Crippen LogP contribution in [0, 0.1) is 6.08 Å². The Bertz CT molecular complexity index is 1100. The fraction of sp³-hybridized carbons (Fsp3) is 0.240. The third-order valence-electron chi connectivity index (χ3n) is 5.45. The van der Waals surface area contributed by atoms with Crippen molar-refractivity contribution in [1.82, 2.24) is 4.90 Å². The van der Waals surface area contributed by atoms with Gasteiger partial charge in [0, 0.05) is 44.8 Å². The minimum atomic E-state index is -0.318. The van der Waals surface area contributed by atoms with E-state index in [2.05, 4.69) is 40.2 Å². The molecule has 2 aromatic carbocycles. The lowest BCUT2D eigenvalue weighted by molar-refractivity contribution is 0.0599. The van der Waals surface area contributed by atoms with Gasteiger partial charge in [0.15, 0.2) is 0 Å². The van der Waals surface area contributed by atoms with Crippen molar-refractivity contribution in [3.05, 3.63) is 93.6 Å². The molecule has 2 aromatic rings. The number of ether oxygens (including phenoxy) is 1. The van der Waals surface area contributed by atoms with Gasteiger partial charge in [0.1, 0.15) is 22.3 Å². The van der Waals surface area contributed by atoms with Gasteiger partial charge in [-0.25, -0.2) is 4.79 Å². The summed E-state index contributed by atoms with van der Waals surface area (Å²) in [5.74, 6) is -0.402. The van der Waals surface area contributed by atoms with Gasteiger partial charge < -0.3 is 14.5 Å². The van der Waals surface area contributed by atoms with E-state index in [1.807, 2.05) is 58.5 Å². The number of fused-ring (bicyclic) bond motifs is 1. The van der Waals surface area contributed by atoms with E-state index in [9.17, 15) is 4.79 Å². The zero-order chi connectivity index (χ0) is 21.4. The van der Waals surface area contributed by atoms with Crippen molar-refractivity contribution in [3.8, 4) is 0 Å². The van der Waals surface area contributed by atoms with Crippen LogP contribution in [0.1, 0.15) is 27.4 Å². The molecule has 0 fully saturated rings. The minimum absolute atomic E-state index is 0.0843. The highest BCUT2D eigenvalue weighted by Crippen LogP contribution is 2.51. The number of anilines is 1. The SMILES string of the molecule is COC(=O)c1ccccc1C1C2=C(C=C(N(C)C)C=[C+]2)Sc2cc(N(C)C)ccc21. The van der Waals surface area contributed by atoms with E-state index in [0.717, 1.165) is 27.4 Å². The summed E-state index contributed by atoms with van der Waals surface area (Å²) in [4.78, 5) is 19.1. The molecule has 4 nitrogen and oxygen atoms in total. The third-order valence-corrected chi connectivity index (χ3v) is 6.58. The molecule has 1 atom stereocenters. The number of nitrogens with zero attached hydrogens (tertiary/aromatic N) is 2. The molecule has 1 aliphatic carbocycles. The van der Waals surface area contributed by atoms with Gasteiger partial charge in [0.05, 0.1) is 24.7 Å². The van der Waals surface area contributed by atoms with E-state index < -0.39 is 0 Å². The molecule has 152 valence electrons. The monoisotopic (exact) mass is 417 g/mol.